The first-order chi connectivity index (χ1) is 7.66. The van der Waals surface area contributed by atoms with Crippen LogP contribution < -0.4 is 5.32 Å². The van der Waals surface area contributed by atoms with Gasteiger partial charge in [-0.3, -0.25) is 4.68 Å². The molecule has 0 atom stereocenters. The molecule has 0 aliphatic heterocycles. The standard InChI is InChI=1S/C12H17N3S/c1-9-4-5-16-12(9)7-13-6-11-8-15(3)14-10(11)2/h4-5,8,13H,6-7H2,1-3H3. The van der Waals surface area contributed by atoms with E-state index in [-0.39, 0.29) is 0 Å². The lowest BCUT2D eigenvalue weighted by molar-refractivity contribution is 0.695. The van der Waals surface area contributed by atoms with E-state index in [9.17, 15) is 0 Å². The zero-order valence-corrected chi connectivity index (χ0v) is 10.8. The Balaban J connectivity index is 1.89. The van der Waals surface area contributed by atoms with E-state index in [1.807, 2.05) is 30.0 Å². The number of aryl methyl sites for hydroxylation is 3. The highest BCUT2D eigenvalue weighted by atomic mass is 32.1. The minimum absolute atomic E-state index is 0.886. The number of rotatable bonds is 4. The smallest absolute Gasteiger partial charge is 0.0638 e. The van der Waals surface area contributed by atoms with Crippen LogP contribution in [0, 0.1) is 13.8 Å². The van der Waals surface area contributed by atoms with Crippen LogP contribution >= 0.6 is 11.3 Å². The fourth-order valence-electron chi connectivity index (χ4n) is 1.72. The number of nitrogens with one attached hydrogen (secondary N) is 1. The van der Waals surface area contributed by atoms with Gasteiger partial charge >= 0.3 is 0 Å². The summed E-state index contributed by atoms with van der Waals surface area (Å²) >= 11 is 1.81. The molecule has 2 heterocycles. The second kappa shape index (κ2) is 4.80. The van der Waals surface area contributed by atoms with Gasteiger partial charge < -0.3 is 5.32 Å². The van der Waals surface area contributed by atoms with Crippen molar-refractivity contribution in [1.29, 1.82) is 0 Å². The molecule has 0 amide bonds. The average molecular weight is 235 g/mol. The first-order valence-corrected chi connectivity index (χ1v) is 6.27. The summed E-state index contributed by atoms with van der Waals surface area (Å²) in [6, 6.07) is 2.16. The molecule has 86 valence electrons. The van der Waals surface area contributed by atoms with Crippen LogP contribution in [-0.2, 0) is 20.1 Å². The quantitative estimate of drug-likeness (QED) is 0.882. The maximum absolute atomic E-state index is 4.32. The SMILES string of the molecule is Cc1ccsc1CNCc1cn(C)nc1C. The first kappa shape index (κ1) is 11.4. The topological polar surface area (TPSA) is 29.9 Å². The van der Waals surface area contributed by atoms with E-state index in [1.165, 1.54) is 16.0 Å². The lowest BCUT2D eigenvalue weighted by atomic mass is 10.2. The van der Waals surface area contributed by atoms with E-state index in [2.05, 4.69) is 35.0 Å². The Morgan fingerprint density at radius 2 is 2.19 bits per heavy atom. The molecule has 2 rings (SSSR count). The van der Waals surface area contributed by atoms with Crippen molar-refractivity contribution in [2.45, 2.75) is 26.9 Å². The molecular formula is C12H17N3S. The zero-order chi connectivity index (χ0) is 11.5. The van der Waals surface area contributed by atoms with Gasteiger partial charge in [-0.1, -0.05) is 0 Å². The van der Waals surface area contributed by atoms with Crippen molar-refractivity contribution in [1.82, 2.24) is 15.1 Å². The van der Waals surface area contributed by atoms with Crippen LogP contribution in [0.2, 0.25) is 0 Å². The van der Waals surface area contributed by atoms with Gasteiger partial charge in [-0.2, -0.15) is 5.10 Å². The van der Waals surface area contributed by atoms with Gasteiger partial charge in [-0.05, 0) is 30.9 Å². The van der Waals surface area contributed by atoms with Gasteiger partial charge in [0.2, 0.25) is 0 Å². The molecule has 0 saturated heterocycles. The molecule has 0 aliphatic rings. The molecule has 0 radical (unpaired) electrons. The van der Waals surface area contributed by atoms with Crippen LogP contribution in [0.1, 0.15) is 21.7 Å². The summed E-state index contributed by atoms with van der Waals surface area (Å²) in [4.78, 5) is 1.42. The molecule has 0 bridgehead atoms. The number of hydrogen-bond acceptors (Lipinski definition) is 3. The van der Waals surface area contributed by atoms with E-state index in [4.69, 9.17) is 0 Å². The van der Waals surface area contributed by atoms with Gasteiger partial charge in [0.15, 0.2) is 0 Å². The summed E-state index contributed by atoms with van der Waals surface area (Å²) in [6.07, 6.45) is 2.07. The maximum atomic E-state index is 4.32. The van der Waals surface area contributed by atoms with E-state index in [0.29, 0.717) is 0 Å². The van der Waals surface area contributed by atoms with Crippen molar-refractivity contribution in [3.8, 4) is 0 Å². The Hall–Kier alpha value is -1.13. The fraction of sp³-hybridized carbons (Fsp3) is 0.417. The van der Waals surface area contributed by atoms with Crippen molar-refractivity contribution in [3.63, 3.8) is 0 Å². The van der Waals surface area contributed by atoms with Gasteiger partial charge in [-0.15, -0.1) is 11.3 Å². The third-order valence-electron chi connectivity index (χ3n) is 2.68. The summed E-state index contributed by atoms with van der Waals surface area (Å²) in [5.41, 5.74) is 3.76. The third kappa shape index (κ3) is 2.51. The van der Waals surface area contributed by atoms with Gasteiger partial charge in [0.1, 0.15) is 0 Å². The molecule has 0 spiro atoms. The van der Waals surface area contributed by atoms with Crippen LogP contribution in [0.5, 0.6) is 0 Å². The molecule has 3 nitrogen and oxygen atoms in total. The van der Waals surface area contributed by atoms with Crippen molar-refractivity contribution in [3.05, 3.63) is 39.3 Å². The molecule has 0 saturated carbocycles. The monoisotopic (exact) mass is 235 g/mol. The molecule has 0 fully saturated rings. The highest BCUT2D eigenvalue weighted by Crippen LogP contribution is 2.15. The van der Waals surface area contributed by atoms with Gasteiger partial charge in [-0.25, -0.2) is 0 Å². The van der Waals surface area contributed by atoms with E-state index >= 15 is 0 Å². The molecule has 2 aromatic heterocycles. The van der Waals surface area contributed by atoms with Crippen LogP contribution in [-0.4, -0.2) is 9.78 Å². The van der Waals surface area contributed by atoms with Crippen molar-refractivity contribution < 1.29 is 0 Å². The largest absolute Gasteiger partial charge is 0.308 e. The second-order valence-electron chi connectivity index (χ2n) is 4.04. The Morgan fingerprint density at radius 1 is 1.38 bits per heavy atom. The number of hydrogen-bond donors (Lipinski definition) is 1. The highest BCUT2D eigenvalue weighted by Gasteiger charge is 2.03. The van der Waals surface area contributed by atoms with E-state index in [1.54, 1.807) is 0 Å². The van der Waals surface area contributed by atoms with Crippen LogP contribution in [0.15, 0.2) is 17.6 Å². The molecule has 1 N–H and O–H groups in total. The number of thiophene rings is 1. The van der Waals surface area contributed by atoms with Crippen molar-refractivity contribution >= 4 is 11.3 Å². The summed E-state index contributed by atoms with van der Waals surface area (Å²) in [5, 5.41) is 9.92. The lowest BCUT2D eigenvalue weighted by Crippen LogP contribution is -2.12. The Morgan fingerprint density at radius 3 is 2.75 bits per heavy atom. The molecular weight excluding hydrogens is 218 g/mol. The molecule has 0 unspecified atom stereocenters. The van der Waals surface area contributed by atoms with Crippen LogP contribution in [0.3, 0.4) is 0 Å². The summed E-state index contributed by atoms with van der Waals surface area (Å²) in [5.74, 6) is 0. The minimum Gasteiger partial charge on any atom is -0.308 e. The fourth-order valence-corrected chi connectivity index (χ4v) is 2.59. The number of aromatic nitrogens is 2. The summed E-state index contributed by atoms with van der Waals surface area (Å²) < 4.78 is 1.86. The van der Waals surface area contributed by atoms with E-state index in [0.717, 1.165) is 18.8 Å². The predicted octanol–water partition coefficient (Wildman–Crippen LogP) is 2.39. The van der Waals surface area contributed by atoms with Gasteiger partial charge in [0.05, 0.1) is 5.69 Å². The zero-order valence-electron chi connectivity index (χ0n) is 9.95. The minimum atomic E-state index is 0.886. The molecule has 0 aliphatic carbocycles. The maximum Gasteiger partial charge on any atom is 0.0638 e. The third-order valence-corrected chi connectivity index (χ3v) is 3.71. The summed E-state index contributed by atoms with van der Waals surface area (Å²) in [7, 11) is 1.96. The van der Waals surface area contributed by atoms with Gasteiger partial charge in [0.25, 0.3) is 0 Å². The molecule has 4 heteroatoms. The van der Waals surface area contributed by atoms with Crippen molar-refractivity contribution in [2.75, 3.05) is 0 Å². The second-order valence-corrected chi connectivity index (χ2v) is 5.04. The predicted molar refractivity (Wildman–Crippen MR) is 67.5 cm³/mol. The first-order valence-electron chi connectivity index (χ1n) is 5.39. The average Bonchev–Trinajstić information content (AvgIpc) is 2.75. The van der Waals surface area contributed by atoms with Crippen molar-refractivity contribution in [2.24, 2.45) is 7.05 Å². The van der Waals surface area contributed by atoms with Crippen LogP contribution in [0.25, 0.3) is 0 Å². The molecule has 2 aromatic rings. The Labute approximate surface area is 100 Å². The van der Waals surface area contributed by atoms with Gasteiger partial charge in [0, 0.05) is 36.8 Å². The number of nitrogens with zero attached hydrogens (tertiary/aromatic N) is 2. The lowest BCUT2D eigenvalue weighted by Gasteiger charge is -2.02. The summed E-state index contributed by atoms with van der Waals surface area (Å²) in [6.45, 7) is 6.03. The Kier molecular flexibility index (Phi) is 3.41. The molecule has 0 aromatic carbocycles. The molecule has 16 heavy (non-hydrogen) atoms. The van der Waals surface area contributed by atoms with Crippen LogP contribution in [0.4, 0.5) is 0 Å². The van der Waals surface area contributed by atoms with E-state index < -0.39 is 0 Å². The normalized spacial score (nSPS) is 10.9. The Bertz CT molecular complexity index is 470. The highest BCUT2D eigenvalue weighted by molar-refractivity contribution is 7.10.